The van der Waals surface area contributed by atoms with E-state index in [4.69, 9.17) is 9.73 Å². The van der Waals surface area contributed by atoms with Crippen LogP contribution in [0.1, 0.15) is 38.8 Å². The molecule has 158 valence electrons. The van der Waals surface area contributed by atoms with E-state index < -0.39 is 10.8 Å². The van der Waals surface area contributed by atoms with E-state index in [1.54, 1.807) is 0 Å². The van der Waals surface area contributed by atoms with E-state index >= 15 is 0 Å². The summed E-state index contributed by atoms with van der Waals surface area (Å²) in [5.41, 5.74) is 2.56. The first-order chi connectivity index (χ1) is 13.4. The Labute approximate surface area is 172 Å². The van der Waals surface area contributed by atoms with Crippen LogP contribution in [0.25, 0.3) is 0 Å². The molecule has 0 bridgehead atoms. The minimum atomic E-state index is -0.867. The second-order valence-corrected chi connectivity index (χ2v) is 10.3. The molecule has 0 aromatic heterocycles. The summed E-state index contributed by atoms with van der Waals surface area (Å²) < 4.78 is 17.5. The molecule has 1 aromatic carbocycles. The van der Waals surface area contributed by atoms with E-state index in [9.17, 15) is 4.21 Å². The van der Waals surface area contributed by atoms with Crippen molar-refractivity contribution in [2.24, 2.45) is 4.99 Å². The summed E-state index contributed by atoms with van der Waals surface area (Å²) in [5.74, 6) is 1.39. The van der Waals surface area contributed by atoms with Crippen LogP contribution in [-0.2, 0) is 28.6 Å². The van der Waals surface area contributed by atoms with Gasteiger partial charge in [0, 0.05) is 54.0 Å². The van der Waals surface area contributed by atoms with Gasteiger partial charge in [-0.05, 0) is 38.8 Å². The van der Waals surface area contributed by atoms with Gasteiger partial charge in [-0.3, -0.25) is 9.11 Å². The number of hydrogen-bond donors (Lipinski definition) is 2. The molecule has 0 spiro atoms. The summed E-state index contributed by atoms with van der Waals surface area (Å²) in [6.07, 6.45) is 0. The third-order valence-corrected chi connectivity index (χ3v) is 6.57. The van der Waals surface area contributed by atoms with Crippen LogP contribution in [0.3, 0.4) is 0 Å². The Morgan fingerprint density at radius 2 is 1.86 bits per heavy atom. The quantitative estimate of drug-likeness (QED) is 0.510. The van der Waals surface area contributed by atoms with Crippen molar-refractivity contribution < 1.29 is 8.95 Å². The lowest BCUT2D eigenvalue weighted by molar-refractivity contribution is 0.0341. The summed E-state index contributed by atoms with van der Waals surface area (Å²) in [5, 5.41) is 6.59. The zero-order valence-electron chi connectivity index (χ0n) is 17.8. The number of ether oxygens (including phenoxy) is 1. The fraction of sp³-hybridized carbons (Fsp3) is 0.667. The molecule has 0 saturated carbocycles. The number of nitrogens with zero attached hydrogens (tertiary/aromatic N) is 2. The molecule has 6 nitrogen and oxygen atoms in total. The Kier molecular flexibility index (Phi) is 9.41. The predicted molar refractivity (Wildman–Crippen MR) is 118 cm³/mol. The highest BCUT2D eigenvalue weighted by Gasteiger charge is 2.18. The van der Waals surface area contributed by atoms with Gasteiger partial charge in [0.05, 0.1) is 19.8 Å². The standard InChI is InChI=1S/C21H36N4O2S/c1-5-22-20(23-10-15-28(26)21(2,3)4)24-16-18-8-6-7-9-19(18)17-25-11-13-27-14-12-25/h6-9H,5,10-17H2,1-4H3,(H2,22,23,24). The average Bonchev–Trinajstić information content (AvgIpc) is 2.67. The van der Waals surface area contributed by atoms with Crippen molar-refractivity contribution in [2.75, 3.05) is 45.1 Å². The van der Waals surface area contributed by atoms with E-state index in [-0.39, 0.29) is 4.75 Å². The lowest BCUT2D eigenvalue weighted by Crippen LogP contribution is -2.40. The van der Waals surface area contributed by atoms with Crippen LogP contribution >= 0.6 is 0 Å². The van der Waals surface area contributed by atoms with Gasteiger partial charge in [-0.25, -0.2) is 4.99 Å². The first kappa shape index (κ1) is 22.8. The van der Waals surface area contributed by atoms with E-state index in [2.05, 4.69) is 46.7 Å². The highest BCUT2D eigenvalue weighted by Crippen LogP contribution is 2.14. The Morgan fingerprint density at radius 3 is 2.50 bits per heavy atom. The molecule has 1 aliphatic rings. The maximum Gasteiger partial charge on any atom is 0.191 e. The lowest BCUT2D eigenvalue weighted by atomic mass is 10.1. The van der Waals surface area contributed by atoms with Gasteiger partial charge >= 0.3 is 0 Å². The minimum absolute atomic E-state index is 0.185. The number of guanidine groups is 1. The van der Waals surface area contributed by atoms with Crippen LogP contribution in [0.4, 0.5) is 0 Å². The SMILES string of the molecule is CCNC(=NCc1ccccc1CN1CCOCC1)NCCS(=O)C(C)(C)C. The van der Waals surface area contributed by atoms with Crippen LogP contribution in [-0.4, -0.2) is 65.0 Å². The minimum Gasteiger partial charge on any atom is -0.379 e. The van der Waals surface area contributed by atoms with Crippen molar-refractivity contribution >= 4 is 16.8 Å². The second-order valence-electron chi connectivity index (χ2n) is 7.94. The molecule has 2 N–H and O–H groups in total. The van der Waals surface area contributed by atoms with Crippen LogP contribution in [0.5, 0.6) is 0 Å². The molecular formula is C21H36N4O2S. The van der Waals surface area contributed by atoms with E-state index in [0.29, 0.717) is 18.8 Å². The number of nitrogens with one attached hydrogen (secondary N) is 2. The lowest BCUT2D eigenvalue weighted by Gasteiger charge is -2.27. The molecule has 0 aliphatic carbocycles. The summed E-state index contributed by atoms with van der Waals surface area (Å²) in [4.78, 5) is 7.18. The Bertz CT molecular complexity index is 652. The number of hydrogen-bond acceptors (Lipinski definition) is 4. The molecule has 0 radical (unpaired) electrons. The average molecular weight is 409 g/mol. The molecule has 0 amide bonds. The van der Waals surface area contributed by atoms with Crippen LogP contribution in [0, 0.1) is 0 Å². The highest BCUT2D eigenvalue weighted by atomic mass is 32.2. The van der Waals surface area contributed by atoms with Gasteiger partial charge in [0.1, 0.15) is 0 Å². The fourth-order valence-corrected chi connectivity index (χ4v) is 3.84. The zero-order chi connectivity index (χ0) is 20.4. The monoisotopic (exact) mass is 408 g/mol. The molecule has 28 heavy (non-hydrogen) atoms. The van der Waals surface area contributed by atoms with Gasteiger partial charge in [0.15, 0.2) is 5.96 Å². The van der Waals surface area contributed by atoms with Gasteiger partial charge in [-0.2, -0.15) is 0 Å². The Balaban J connectivity index is 1.95. The summed E-state index contributed by atoms with van der Waals surface area (Å²) in [7, 11) is -0.867. The number of rotatable bonds is 8. The molecule has 1 aromatic rings. The third-order valence-electron chi connectivity index (χ3n) is 4.63. The molecule has 1 fully saturated rings. The topological polar surface area (TPSA) is 66.0 Å². The van der Waals surface area contributed by atoms with Crippen molar-refractivity contribution in [3.05, 3.63) is 35.4 Å². The number of morpholine rings is 1. The molecule has 7 heteroatoms. The molecular weight excluding hydrogens is 372 g/mol. The van der Waals surface area contributed by atoms with Gasteiger partial charge in [-0.1, -0.05) is 24.3 Å². The normalized spacial score (nSPS) is 17.4. The predicted octanol–water partition coefficient (Wildman–Crippen LogP) is 2.12. The van der Waals surface area contributed by atoms with Crippen molar-refractivity contribution in [1.29, 1.82) is 0 Å². The molecule has 1 atom stereocenters. The fourth-order valence-electron chi connectivity index (χ4n) is 2.94. The second kappa shape index (κ2) is 11.5. The third kappa shape index (κ3) is 7.89. The van der Waals surface area contributed by atoms with E-state index in [1.807, 2.05) is 20.8 Å². The molecule has 1 unspecified atom stereocenters. The Morgan fingerprint density at radius 1 is 1.18 bits per heavy atom. The molecule has 2 rings (SSSR count). The van der Waals surface area contributed by atoms with Gasteiger partial charge in [-0.15, -0.1) is 0 Å². The first-order valence-corrected chi connectivity index (χ1v) is 11.5. The van der Waals surface area contributed by atoms with Crippen LogP contribution in [0.15, 0.2) is 29.3 Å². The molecule has 1 saturated heterocycles. The van der Waals surface area contributed by atoms with Crippen molar-refractivity contribution in [1.82, 2.24) is 15.5 Å². The zero-order valence-corrected chi connectivity index (χ0v) is 18.6. The smallest absolute Gasteiger partial charge is 0.191 e. The van der Waals surface area contributed by atoms with Gasteiger partial charge in [0.25, 0.3) is 0 Å². The maximum atomic E-state index is 12.2. The summed E-state index contributed by atoms with van der Waals surface area (Å²) >= 11 is 0. The summed E-state index contributed by atoms with van der Waals surface area (Å²) in [6.45, 7) is 14.7. The maximum absolute atomic E-state index is 12.2. The summed E-state index contributed by atoms with van der Waals surface area (Å²) in [6, 6.07) is 8.50. The molecule has 1 heterocycles. The number of benzene rings is 1. The van der Waals surface area contributed by atoms with Crippen molar-refractivity contribution in [2.45, 2.75) is 45.5 Å². The van der Waals surface area contributed by atoms with Crippen molar-refractivity contribution in [3.8, 4) is 0 Å². The number of aliphatic imine (C=N–C) groups is 1. The van der Waals surface area contributed by atoms with Crippen LogP contribution in [0.2, 0.25) is 0 Å². The first-order valence-electron chi connectivity index (χ1n) is 10.2. The largest absolute Gasteiger partial charge is 0.379 e. The van der Waals surface area contributed by atoms with E-state index in [0.717, 1.165) is 45.4 Å². The molecule has 1 aliphatic heterocycles. The van der Waals surface area contributed by atoms with Crippen LogP contribution < -0.4 is 10.6 Å². The Hall–Kier alpha value is -1.44. The van der Waals surface area contributed by atoms with Gasteiger partial charge < -0.3 is 15.4 Å². The van der Waals surface area contributed by atoms with Gasteiger partial charge in [0.2, 0.25) is 0 Å². The highest BCUT2D eigenvalue weighted by molar-refractivity contribution is 7.86. The van der Waals surface area contributed by atoms with E-state index in [1.165, 1.54) is 11.1 Å². The van der Waals surface area contributed by atoms with Crippen molar-refractivity contribution in [3.63, 3.8) is 0 Å².